The standard InChI is InChI=1S/C13H13N3O2/c1-9(12-6-3-7-14-12)15-16-11-5-2-4-10(8-11)13(17)18/h2-8,14,16H,1H3,(H,17,18)/b15-9+. The average molecular weight is 243 g/mol. The Hall–Kier alpha value is -2.56. The quantitative estimate of drug-likeness (QED) is 0.570. The molecule has 92 valence electrons. The van der Waals surface area contributed by atoms with Gasteiger partial charge in [0.1, 0.15) is 0 Å². The third-order valence-electron chi connectivity index (χ3n) is 2.45. The molecule has 5 heteroatoms. The van der Waals surface area contributed by atoms with Crippen molar-refractivity contribution in [2.75, 3.05) is 5.43 Å². The number of aromatic carboxylic acids is 1. The van der Waals surface area contributed by atoms with Gasteiger partial charge in [0.2, 0.25) is 0 Å². The van der Waals surface area contributed by atoms with Gasteiger partial charge >= 0.3 is 5.97 Å². The number of aromatic nitrogens is 1. The second kappa shape index (κ2) is 5.18. The molecule has 0 aliphatic rings. The average Bonchev–Trinajstić information content (AvgIpc) is 2.90. The lowest BCUT2D eigenvalue weighted by Crippen LogP contribution is -2.01. The lowest BCUT2D eigenvalue weighted by atomic mass is 10.2. The number of rotatable bonds is 4. The van der Waals surface area contributed by atoms with E-state index in [1.807, 2.05) is 25.3 Å². The molecule has 0 spiro atoms. The van der Waals surface area contributed by atoms with Crippen molar-refractivity contribution >= 4 is 17.4 Å². The van der Waals surface area contributed by atoms with Crippen LogP contribution in [-0.4, -0.2) is 21.8 Å². The molecule has 0 unspecified atom stereocenters. The molecule has 0 radical (unpaired) electrons. The van der Waals surface area contributed by atoms with Crippen molar-refractivity contribution < 1.29 is 9.90 Å². The van der Waals surface area contributed by atoms with Crippen molar-refractivity contribution in [2.45, 2.75) is 6.92 Å². The summed E-state index contributed by atoms with van der Waals surface area (Å²) < 4.78 is 0. The fourth-order valence-corrected chi connectivity index (χ4v) is 1.49. The van der Waals surface area contributed by atoms with Gasteiger partial charge in [-0.05, 0) is 37.3 Å². The number of carbonyl (C=O) groups is 1. The number of aromatic amines is 1. The Morgan fingerprint density at radius 3 is 2.83 bits per heavy atom. The molecule has 1 aromatic carbocycles. The predicted octanol–water partition coefficient (Wildman–Crippen LogP) is 2.55. The number of benzene rings is 1. The first-order valence-electron chi connectivity index (χ1n) is 5.44. The van der Waals surface area contributed by atoms with Gasteiger partial charge in [0.15, 0.2) is 0 Å². The summed E-state index contributed by atoms with van der Waals surface area (Å²) in [7, 11) is 0. The predicted molar refractivity (Wildman–Crippen MR) is 70.0 cm³/mol. The van der Waals surface area contributed by atoms with Gasteiger partial charge < -0.3 is 10.1 Å². The molecular weight excluding hydrogens is 230 g/mol. The fourth-order valence-electron chi connectivity index (χ4n) is 1.49. The number of carboxylic acids is 1. The lowest BCUT2D eigenvalue weighted by Gasteiger charge is -2.03. The maximum absolute atomic E-state index is 10.8. The maximum Gasteiger partial charge on any atom is 0.335 e. The highest BCUT2D eigenvalue weighted by atomic mass is 16.4. The number of hydrogen-bond acceptors (Lipinski definition) is 3. The number of nitrogens with zero attached hydrogens (tertiary/aromatic N) is 1. The van der Waals surface area contributed by atoms with Crippen LogP contribution < -0.4 is 5.43 Å². The third-order valence-corrected chi connectivity index (χ3v) is 2.45. The van der Waals surface area contributed by atoms with E-state index in [0.717, 1.165) is 11.4 Å². The summed E-state index contributed by atoms with van der Waals surface area (Å²) in [6.45, 7) is 1.86. The second-order valence-corrected chi connectivity index (χ2v) is 3.78. The maximum atomic E-state index is 10.8. The van der Waals surface area contributed by atoms with Crippen LogP contribution in [0.25, 0.3) is 0 Å². The van der Waals surface area contributed by atoms with Crippen LogP contribution in [0.2, 0.25) is 0 Å². The Labute approximate surface area is 104 Å². The Kier molecular flexibility index (Phi) is 3.43. The van der Waals surface area contributed by atoms with Gasteiger partial charge in [-0.3, -0.25) is 5.43 Å². The molecule has 2 aromatic rings. The number of H-pyrrole nitrogens is 1. The van der Waals surface area contributed by atoms with Gasteiger partial charge in [-0.25, -0.2) is 4.79 Å². The van der Waals surface area contributed by atoms with E-state index in [0.29, 0.717) is 5.69 Å². The Morgan fingerprint density at radius 1 is 1.33 bits per heavy atom. The minimum atomic E-state index is -0.955. The summed E-state index contributed by atoms with van der Waals surface area (Å²) >= 11 is 0. The second-order valence-electron chi connectivity index (χ2n) is 3.78. The molecule has 5 nitrogen and oxygen atoms in total. The van der Waals surface area contributed by atoms with Crippen LogP contribution in [-0.2, 0) is 0 Å². The fraction of sp³-hybridized carbons (Fsp3) is 0.0769. The molecule has 0 saturated heterocycles. The van der Waals surface area contributed by atoms with Crippen LogP contribution in [0.15, 0.2) is 47.7 Å². The highest BCUT2D eigenvalue weighted by Gasteiger charge is 2.02. The van der Waals surface area contributed by atoms with E-state index < -0.39 is 5.97 Å². The van der Waals surface area contributed by atoms with Crippen LogP contribution in [0.1, 0.15) is 23.0 Å². The number of carboxylic acid groups (broad SMARTS) is 1. The lowest BCUT2D eigenvalue weighted by molar-refractivity contribution is 0.0697. The largest absolute Gasteiger partial charge is 0.478 e. The zero-order chi connectivity index (χ0) is 13.0. The van der Waals surface area contributed by atoms with Crippen molar-refractivity contribution in [3.8, 4) is 0 Å². The van der Waals surface area contributed by atoms with Gasteiger partial charge in [-0.15, -0.1) is 0 Å². The molecular formula is C13H13N3O2. The van der Waals surface area contributed by atoms with E-state index in [1.54, 1.807) is 12.1 Å². The van der Waals surface area contributed by atoms with Crippen LogP contribution >= 0.6 is 0 Å². The zero-order valence-electron chi connectivity index (χ0n) is 9.84. The van der Waals surface area contributed by atoms with Crippen LogP contribution in [0.3, 0.4) is 0 Å². The summed E-state index contributed by atoms with van der Waals surface area (Å²) in [6.07, 6.45) is 1.82. The van der Waals surface area contributed by atoms with Crippen LogP contribution in [0.4, 0.5) is 5.69 Å². The smallest absolute Gasteiger partial charge is 0.335 e. The first-order chi connectivity index (χ1) is 8.66. The summed E-state index contributed by atoms with van der Waals surface area (Å²) in [5.74, 6) is -0.955. The van der Waals surface area contributed by atoms with Gasteiger partial charge in [-0.2, -0.15) is 5.10 Å². The van der Waals surface area contributed by atoms with Crippen LogP contribution in [0.5, 0.6) is 0 Å². The van der Waals surface area contributed by atoms with Crippen LogP contribution in [0, 0.1) is 0 Å². The minimum Gasteiger partial charge on any atom is -0.478 e. The summed E-state index contributed by atoms with van der Waals surface area (Å²) in [4.78, 5) is 13.8. The molecule has 1 heterocycles. The molecule has 0 aliphatic heterocycles. The summed E-state index contributed by atoms with van der Waals surface area (Å²) in [5, 5.41) is 13.0. The molecule has 0 bridgehead atoms. The summed E-state index contributed by atoms with van der Waals surface area (Å²) in [6, 6.07) is 10.3. The van der Waals surface area contributed by atoms with Gasteiger partial charge in [0, 0.05) is 6.20 Å². The number of hydrogen-bond donors (Lipinski definition) is 3. The molecule has 3 N–H and O–H groups in total. The normalized spacial score (nSPS) is 11.3. The molecule has 0 amide bonds. The van der Waals surface area contributed by atoms with E-state index in [2.05, 4.69) is 15.5 Å². The molecule has 2 rings (SSSR count). The minimum absolute atomic E-state index is 0.229. The monoisotopic (exact) mass is 243 g/mol. The van der Waals surface area contributed by atoms with Gasteiger partial charge in [0.05, 0.1) is 22.7 Å². The number of hydrazone groups is 1. The third kappa shape index (κ3) is 2.76. The van der Waals surface area contributed by atoms with E-state index in [-0.39, 0.29) is 5.56 Å². The molecule has 0 aliphatic carbocycles. The van der Waals surface area contributed by atoms with Crippen molar-refractivity contribution in [1.82, 2.24) is 4.98 Å². The highest BCUT2D eigenvalue weighted by molar-refractivity contribution is 5.97. The van der Waals surface area contributed by atoms with Crippen molar-refractivity contribution in [1.29, 1.82) is 0 Å². The topological polar surface area (TPSA) is 77.5 Å². The van der Waals surface area contributed by atoms with Gasteiger partial charge in [-0.1, -0.05) is 6.07 Å². The Morgan fingerprint density at radius 2 is 2.17 bits per heavy atom. The Bertz CT molecular complexity index is 574. The zero-order valence-corrected chi connectivity index (χ0v) is 9.84. The SMILES string of the molecule is C/C(=N\Nc1cccc(C(=O)O)c1)c1ccc[nH]1. The molecule has 0 saturated carbocycles. The highest BCUT2D eigenvalue weighted by Crippen LogP contribution is 2.11. The Balaban J connectivity index is 2.13. The summed E-state index contributed by atoms with van der Waals surface area (Å²) in [5.41, 5.74) is 5.41. The first kappa shape index (κ1) is 11.9. The first-order valence-corrected chi connectivity index (χ1v) is 5.44. The number of anilines is 1. The van der Waals surface area contributed by atoms with Crippen molar-refractivity contribution in [3.05, 3.63) is 53.9 Å². The van der Waals surface area contributed by atoms with Gasteiger partial charge in [0.25, 0.3) is 0 Å². The van der Waals surface area contributed by atoms with Crippen molar-refractivity contribution in [2.24, 2.45) is 5.10 Å². The van der Waals surface area contributed by atoms with Crippen molar-refractivity contribution in [3.63, 3.8) is 0 Å². The molecule has 0 atom stereocenters. The molecule has 0 fully saturated rings. The van der Waals surface area contributed by atoms with E-state index >= 15 is 0 Å². The molecule has 18 heavy (non-hydrogen) atoms. The van der Waals surface area contributed by atoms with E-state index in [9.17, 15) is 4.79 Å². The van der Waals surface area contributed by atoms with E-state index in [4.69, 9.17) is 5.11 Å². The van der Waals surface area contributed by atoms with E-state index in [1.165, 1.54) is 12.1 Å². The molecule has 1 aromatic heterocycles. The number of nitrogens with one attached hydrogen (secondary N) is 2.